The molecule has 2 aromatic carbocycles. The fourth-order valence-electron chi connectivity index (χ4n) is 1.15. The third-order valence-electron chi connectivity index (χ3n) is 2.02. The van der Waals surface area contributed by atoms with E-state index in [4.69, 9.17) is 0 Å². The Hall–Kier alpha value is -1.81. The number of carbonyl (C=O) groups is 2. The Morgan fingerprint density at radius 3 is 1.10 bits per heavy atom. The summed E-state index contributed by atoms with van der Waals surface area (Å²) in [5.41, 5.74) is 0.440. The fourth-order valence-corrected chi connectivity index (χ4v) is 1.15. The van der Waals surface area contributed by atoms with Gasteiger partial charge in [0, 0.05) is 0 Å². The molecule has 0 atom stereocenters. The first kappa shape index (κ1) is 18.2. The van der Waals surface area contributed by atoms with E-state index in [1.807, 2.05) is 0 Å². The van der Waals surface area contributed by atoms with Crippen LogP contribution in [0, 0.1) is 0 Å². The number of carbonyl (C=O) groups excluding carboxylic acids is 2. The van der Waals surface area contributed by atoms with Crippen LogP contribution in [0.15, 0.2) is 60.7 Å². The van der Waals surface area contributed by atoms with Crippen LogP contribution in [-0.4, -0.2) is 11.9 Å². The monoisotopic (exact) mass is 340 g/mol. The van der Waals surface area contributed by atoms with Crippen molar-refractivity contribution in [1.82, 2.24) is 0 Å². The van der Waals surface area contributed by atoms with Crippen LogP contribution >= 0.6 is 10.1 Å². The van der Waals surface area contributed by atoms with Gasteiger partial charge in [-0.3, -0.25) is 0 Å². The minimum absolute atomic E-state index is 0.220. The molecular weight excluding hydrogens is 331 g/mol. The Morgan fingerprint density at radius 1 is 0.700 bits per heavy atom. The van der Waals surface area contributed by atoms with Crippen molar-refractivity contribution in [2.24, 2.45) is 0 Å². The zero-order valence-electron chi connectivity index (χ0n) is 10.1. The third kappa shape index (κ3) is 7.59. The van der Waals surface area contributed by atoms with Gasteiger partial charge in [0.2, 0.25) is 0 Å². The zero-order valence-corrected chi connectivity index (χ0v) is 11.8. The van der Waals surface area contributed by atoms with E-state index in [1.54, 1.807) is 36.4 Å². The van der Waals surface area contributed by atoms with Crippen molar-refractivity contribution in [3.8, 4) is 0 Å². The summed E-state index contributed by atoms with van der Waals surface area (Å²) >= 11 is 3.66. The Kier molecular flexibility index (Phi) is 10.1. The van der Waals surface area contributed by atoms with Crippen LogP contribution in [0.1, 0.15) is 20.7 Å². The average molecular weight is 341 g/mol. The molecule has 0 bridgehead atoms. The van der Waals surface area contributed by atoms with E-state index in [1.165, 1.54) is 24.3 Å². The second kappa shape index (κ2) is 11.1. The van der Waals surface area contributed by atoms with Crippen LogP contribution in [0.25, 0.3) is 0 Å². The summed E-state index contributed by atoms with van der Waals surface area (Å²) in [5, 5.41) is 20.2. The molecule has 0 saturated heterocycles. The summed E-state index contributed by atoms with van der Waals surface area (Å²) in [6.45, 7) is 0. The number of benzene rings is 2. The minimum atomic E-state index is -1.13. The molecule has 0 radical (unpaired) electrons. The van der Waals surface area contributed by atoms with E-state index in [0.29, 0.717) is 0 Å². The predicted molar refractivity (Wildman–Crippen MR) is 67.4 cm³/mol. The van der Waals surface area contributed by atoms with E-state index in [9.17, 15) is 19.8 Å². The molecule has 0 N–H and O–H groups in total. The number of hydrogen-bond acceptors (Lipinski definition) is 4. The number of halogens is 1. The number of rotatable bonds is 2. The number of carboxylic acid groups (broad SMARTS) is 2. The molecule has 0 spiro atoms. The maximum absolute atomic E-state index is 10.1. The molecule has 0 aliphatic carbocycles. The molecule has 108 valence electrons. The molecule has 6 heteroatoms. The molecule has 0 heterocycles. The van der Waals surface area contributed by atoms with E-state index < -0.39 is 11.9 Å². The summed E-state index contributed by atoms with van der Waals surface area (Å²) in [6.07, 6.45) is 0. The molecule has 0 aliphatic heterocycles. The standard InChI is InChI=1S/2C7H6O2.ClH.Cu/c2*8-7(9)6-4-2-1-3-5-6;;/h2*1-5H,(H,8,9);1H;/q;;;+3/p-3. The van der Waals surface area contributed by atoms with Gasteiger partial charge in [-0.05, 0) is 11.1 Å². The molecule has 0 amide bonds. The van der Waals surface area contributed by atoms with Crippen molar-refractivity contribution in [3.05, 3.63) is 71.8 Å². The summed E-state index contributed by atoms with van der Waals surface area (Å²) in [5.74, 6) is -2.26. The van der Waals surface area contributed by atoms with Gasteiger partial charge in [0.05, 0.1) is 11.9 Å². The molecule has 2 rings (SSSR count). The van der Waals surface area contributed by atoms with Crippen LogP contribution in [-0.2, 0) is 15.1 Å². The Bertz CT molecular complexity index is 468. The summed E-state index contributed by atoms with van der Waals surface area (Å²) in [6, 6.07) is 16.1. The van der Waals surface area contributed by atoms with E-state index in [0.717, 1.165) is 0 Å². The fraction of sp³-hybridized carbons (Fsp3) is 0. The van der Waals surface area contributed by atoms with Gasteiger partial charge in [-0.1, -0.05) is 60.7 Å². The topological polar surface area (TPSA) is 80.3 Å². The van der Waals surface area contributed by atoms with Crippen LogP contribution in [0.4, 0.5) is 0 Å². The molecule has 0 aromatic heterocycles. The summed E-state index contributed by atoms with van der Waals surface area (Å²) < 4.78 is 0. The van der Waals surface area contributed by atoms with Crippen LogP contribution in [0.3, 0.4) is 0 Å². The molecule has 0 unspecified atom stereocenters. The third-order valence-corrected chi connectivity index (χ3v) is 2.02. The van der Waals surface area contributed by atoms with Gasteiger partial charge in [0.25, 0.3) is 0 Å². The molecular formula is C14H10ClCuO4. The Morgan fingerprint density at radius 2 is 0.950 bits per heavy atom. The van der Waals surface area contributed by atoms with Gasteiger partial charge >= 0.3 is 25.2 Å². The van der Waals surface area contributed by atoms with Crippen LogP contribution in [0.2, 0.25) is 0 Å². The SMILES string of the molecule is O=C([O-])c1ccccc1.O=C([O-])c1ccccc1.[Cl][Cu+2]. The molecule has 20 heavy (non-hydrogen) atoms. The van der Waals surface area contributed by atoms with Crippen LogP contribution < -0.4 is 10.2 Å². The zero-order chi connectivity index (χ0) is 15.4. The second-order valence-electron chi connectivity index (χ2n) is 3.31. The second-order valence-corrected chi connectivity index (χ2v) is 3.31. The predicted octanol–water partition coefficient (Wildman–Crippen LogP) is 0.787. The molecule has 0 fully saturated rings. The van der Waals surface area contributed by atoms with Gasteiger partial charge < -0.3 is 19.8 Å². The first-order chi connectivity index (χ1) is 9.61. The van der Waals surface area contributed by atoms with Crippen molar-refractivity contribution < 1.29 is 34.9 Å². The van der Waals surface area contributed by atoms with Crippen molar-refractivity contribution in [1.29, 1.82) is 0 Å². The summed E-state index contributed by atoms with van der Waals surface area (Å²) in [4.78, 5) is 20.2. The van der Waals surface area contributed by atoms with E-state index in [2.05, 4.69) is 25.2 Å². The first-order valence-corrected chi connectivity index (χ1v) is 6.55. The van der Waals surface area contributed by atoms with Crippen molar-refractivity contribution >= 4 is 22.0 Å². The van der Waals surface area contributed by atoms with Gasteiger partial charge in [-0.15, -0.1) is 0 Å². The van der Waals surface area contributed by atoms with Crippen molar-refractivity contribution in [3.63, 3.8) is 0 Å². The number of aromatic carboxylic acids is 2. The van der Waals surface area contributed by atoms with Gasteiger partial charge in [0.15, 0.2) is 0 Å². The Balaban J connectivity index is 0.000000321. The van der Waals surface area contributed by atoms with Gasteiger partial charge in [-0.25, -0.2) is 0 Å². The van der Waals surface area contributed by atoms with E-state index in [-0.39, 0.29) is 11.1 Å². The van der Waals surface area contributed by atoms with E-state index >= 15 is 0 Å². The quantitative estimate of drug-likeness (QED) is 0.757. The number of hydrogen-bond donors (Lipinski definition) is 0. The van der Waals surface area contributed by atoms with Gasteiger partial charge in [0.1, 0.15) is 0 Å². The number of carboxylic acids is 2. The molecule has 2 aromatic rings. The molecule has 4 nitrogen and oxygen atoms in total. The normalized spacial score (nSPS) is 8.35. The van der Waals surface area contributed by atoms with Crippen molar-refractivity contribution in [2.75, 3.05) is 0 Å². The van der Waals surface area contributed by atoms with Crippen molar-refractivity contribution in [2.45, 2.75) is 0 Å². The maximum atomic E-state index is 10.1. The summed E-state index contributed by atoms with van der Waals surface area (Å²) in [7, 11) is 4.20. The average Bonchev–Trinajstić information content (AvgIpc) is 2.51. The van der Waals surface area contributed by atoms with Gasteiger partial charge in [-0.2, -0.15) is 0 Å². The van der Waals surface area contributed by atoms with Crippen LogP contribution in [0.5, 0.6) is 0 Å². The first-order valence-electron chi connectivity index (χ1n) is 5.25. The molecule has 0 saturated carbocycles. The Labute approximate surface area is 129 Å². The molecule has 0 aliphatic rings.